The van der Waals surface area contributed by atoms with Gasteiger partial charge in [-0.25, -0.2) is 4.79 Å². The SMILES string of the molecule is O=C(O)c1coc(NC2CN3CCC2CC3)n1. The van der Waals surface area contributed by atoms with E-state index in [0.717, 1.165) is 6.54 Å². The quantitative estimate of drug-likeness (QED) is 0.812. The molecule has 3 fully saturated rings. The third-order valence-corrected chi connectivity index (χ3v) is 3.69. The lowest BCUT2D eigenvalue weighted by Gasteiger charge is -2.44. The van der Waals surface area contributed by atoms with Gasteiger partial charge in [0.25, 0.3) is 6.01 Å². The van der Waals surface area contributed by atoms with Crippen LogP contribution in [0.15, 0.2) is 10.7 Å². The van der Waals surface area contributed by atoms with Crippen molar-refractivity contribution in [3.8, 4) is 0 Å². The molecule has 1 aromatic rings. The monoisotopic (exact) mass is 237 g/mol. The summed E-state index contributed by atoms with van der Waals surface area (Å²) in [5.74, 6) is -0.407. The van der Waals surface area contributed by atoms with Crippen molar-refractivity contribution in [2.75, 3.05) is 25.0 Å². The number of rotatable bonds is 3. The Balaban J connectivity index is 1.68. The Kier molecular flexibility index (Phi) is 2.51. The largest absolute Gasteiger partial charge is 0.476 e. The number of fused-ring (bicyclic) bond motifs is 3. The van der Waals surface area contributed by atoms with Crippen LogP contribution in [0.3, 0.4) is 0 Å². The summed E-state index contributed by atoms with van der Waals surface area (Å²) in [7, 11) is 0. The Hall–Kier alpha value is -1.56. The Morgan fingerprint density at radius 2 is 2.29 bits per heavy atom. The zero-order valence-electron chi connectivity index (χ0n) is 9.43. The minimum Gasteiger partial charge on any atom is -0.476 e. The molecule has 4 rings (SSSR count). The molecule has 0 spiro atoms. The summed E-state index contributed by atoms with van der Waals surface area (Å²) in [6.45, 7) is 3.35. The molecule has 6 heteroatoms. The lowest BCUT2D eigenvalue weighted by Crippen LogP contribution is -2.53. The summed E-state index contributed by atoms with van der Waals surface area (Å²) < 4.78 is 5.11. The average Bonchev–Trinajstić information content (AvgIpc) is 2.79. The van der Waals surface area contributed by atoms with Crippen LogP contribution in [0.25, 0.3) is 0 Å². The van der Waals surface area contributed by atoms with Gasteiger partial charge in [-0.05, 0) is 31.8 Å². The van der Waals surface area contributed by atoms with Crippen molar-refractivity contribution in [1.29, 1.82) is 0 Å². The molecule has 92 valence electrons. The molecule has 6 nitrogen and oxygen atoms in total. The molecule has 1 unspecified atom stereocenters. The molecule has 1 atom stereocenters. The Morgan fingerprint density at radius 3 is 2.82 bits per heavy atom. The molecular formula is C11H15N3O3. The standard InChI is InChI=1S/C11H15N3O3/c15-10(16)9-6-17-11(13-9)12-8-5-14-3-1-7(8)2-4-14/h6-8H,1-5H2,(H,12,13)(H,15,16). The number of nitrogens with zero attached hydrogens (tertiary/aromatic N) is 2. The van der Waals surface area contributed by atoms with E-state index in [1.165, 1.54) is 32.2 Å². The van der Waals surface area contributed by atoms with Crippen molar-refractivity contribution >= 4 is 12.0 Å². The van der Waals surface area contributed by atoms with Crippen LogP contribution >= 0.6 is 0 Å². The summed E-state index contributed by atoms with van der Waals surface area (Å²) in [6.07, 6.45) is 3.57. The second-order valence-electron chi connectivity index (χ2n) is 4.73. The first-order chi connectivity index (χ1) is 8.22. The number of piperidine rings is 3. The molecule has 3 aliphatic rings. The second kappa shape index (κ2) is 4.03. The zero-order chi connectivity index (χ0) is 11.8. The summed E-state index contributed by atoms with van der Waals surface area (Å²) in [5.41, 5.74) is -0.0474. The van der Waals surface area contributed by atoms with Crippen LogP contribution in [0.5, 0.6) is 0 Å². The smallest absolute Gasteiger partial charge is 0.357 e. The van der Waals surface area contributed by atoms with E-state index >= 15 is 0 Å². The maximum atomic E-state index is 10.7. The maximum absolute atomic E-state index is 10.7. The van der Waals surface area contributed by atoms with Gasteiger partial charge in [0, 0.05) is 12.6 Å². The fourth-order valence-electron chi connectivity index (χ4n) is 2.73. The van der Waals surface area contributed by atoms with Gasteiger partial charge in [-0.1, -0.05) is 0 Å². The van der Waals surface area contributed by atoms with E-state index < -0.39 is 5.97 Å². The van der Waals surface area contributed by atoms with Gasteiger partial charge in [0.05, 0.1) is 0 Å². The summed E-state index contributed by atoms with van der Waals surface area (Å²) in [4.78, 5) is 17.0. The van der Waals surface area contributed by atoms with Crippen LogP contribution in [-0.4, -0.2) is 46.6 Å². The molecule has 3 saturated heterocycles. The van der Waals surface area contributed by atoms with Gasteiger partial charge in [-0.2, -0.15) is 4.98 Å². The Labute approximate surface area is 98.6 Å². The highest BCUT2D eigenvalue weighted by Crippen LogP contribution is 2.29. The van der Waals surface area contributed by atoms with Crippen molar-refractivity contribution in [3.05, 3.63) is 12.0 Å². The van der Waals surface area contributed by atoms with E-state index in [1.54, 1.807) is 0 Å². The number of carboxylic acids is 1. The van der Waals surface area contributed by atoms with Crippen molar-refractivity contribution < 1.29 is 14.3 Å². The summed E-state index contributed by atoms with van der Waals surface area (Å²) in [5, 5.41) is 12.0. The van der Waals surface area contributed by atoms with Gasteiger partial charge in [0.2, 0.25) is 0 Å². The molecule has 1 aromatic heterocycles. The van der Waals surface area contributed by atoms with E-state index in [9.17, 15) is 4.79 Å². The van der Waals surface area contributed by atoms with E-state index in [0.29, 0.717) is 18.0 Å². The first-order valence-corrected chi connectivity index (χ1v) is 5.90. The fourth-order valence-corrected chi connectivity index (χ4v) is 2.73. The van der Waals surface area contributed by atoms with Gasteiger partial charge >= 0.3 is 5.97 Å². The molecule has 4 heterocycles. The van der Waals surface area contributed by atoms with Crippen LogP contribution in [0.1, 0.15) is 23.3 Å². The molecule has 3 aliphatic heterocycles. The predicted octanol–water partition coefficient (Wildman–Crippen LogP) is 0.879. The molecule has 0 saturated carbocycles. The lowest BCUT2D eigenvalue weighted by atomic mass is 9.84. The highest BCUT2D eigenvalue weighted by molar-refractivity contribution is 5.85. The number of carbonyl (C=O) groups is 1. The van der Waals surface area contributed by atoms with Crippen molar-refractivity contribution in [1.82, 2.24) is 9.88 Å². The average molecular weight is 237 g/mol. The minimum absolute atomic E-state index is 0.0474. The molecule has 2 N–H and O–H groups in total. The van der Waals surface area contributed by atoms with Gasteiger partial charge in [0.15, 0.2) is 5.69 Å². The van der Waals surface area contributed by atoms with Crippen LogP contribution in [0.2, 0.25) is 0 Å². The molecule has 0 aromatic carbocycles. The number of oxazole rings is 1. The molecule has 17 heavy (non-hydrogen) atoms. The highest BCUT2D eigenvalue weighted by atomic mass is 16.4. The first kappa shape index (κ1) is 10.6. The molecule has 0 radical (unpaired) electrons. The van der Waals surface area contributed by atoms with E-state index in [-0.39, 0.29) is 5.69 Å². The van der Waals surface area contributed by atoms with Crippen LogP contribution in [0, 0.1) is 5.92 Å². The number of nitrogens with one attached hydrogen (secondary N) is 1. The van der Waals surface area contributed by atoms with Crippen LogP contribution in [-0.2, 0) is 0 Å². The number of aromatic carboxylic acids is 1. The third-order valence-electron chi connectivity index (χ3n) is 3.69. The van der Waals surface area contributed by atoms with E-state index in [1.807, 2.05) is 0 Å². The fraction of sp³-hybridized carbons (Fsp3) is 0.636. The van der Waals surface area contributed by atoms with E-state index in [2.05, 4.69) is 15.2 Å². The normalized spacial score (nSPS) is 31.4. The third kappa shape index (κ3) is 2.00. The van der Waals surface area contributed by atoms with Crippen LogP contribution in [0.4, 0.5) is 6.01 Å². The summed E-state index contributed by atoms with van der Waals surface area (Å²) in [6, 6.07) is 0.652. The van der Waals surface area contributed by atoms with E-state index in [4.69, 9.17) is 9.52 Å². The maximum Gasteiger partial charge on any atom is 0.357 e. The van der Waals surface area contributed by atoms with Crippen molar-refractivity contribution in [2.45, 2.75) is 18.9 Å². The second-order valence-corrected chi connectivity index (χ2v) is 4.73. The predicted molar refractivity (Wildman–Crippen MR) is 60.0 cm³/mol. The minimum atomic E-state index is -1.06. The van der Waals surface area contributed by atoms with Gasteiger partial charge in [0.1, 0.15) is 6.26 Å². The molecular weight excluding hydrogens is 222 g/mol. The van der Waals surface area contributed by atoms with Crippen LogP contribution < -0.4 is 5.32 Å². The first-order valence-electron chi connectivity index (χ1n) is 5.90. The Morgan fingerprint density at radius 1 is 1.53 bits per heavy atom. The summed E-state index contributed by atoms with van der Waals surface area (Å²) >= 11 is 0. The topological polar surface area (TPSA) is 78.6 Å². The van der Waals surface area contributed by atoms with Gasteiger partial charge < -0.3 is 19.7 Å². The highest BCUT2D eigenvalue weighted by Gasteiger charge is 2.34. The molecule has 2 bridgehead atoms. The number of hydrogen-bond acceptors (Lipinski definition) is 5. The number of carboxylic acid groups (broad SMARTS) is 1. The number of aromatic nitrogens is 1. The zero-order valence-corrected chi connectivity index (χ0v) is 9.43. The number of anilines is 1. The Bertz CT molecular complexity index is 423. The molecule has 0 aliphatic carbocycles. The van der Waals surface area contributed by atoms with Crippen molar-refractivity contribution in [2.24, 2.45) is 5.92 Å². The lowest BCUT2D eigenvalue weighted by molar-refractivity contribution is 0.0690. The van der Waals surface area contributed by atoms with Gasteiger partial charge in [-0.15, -0.1) is 0 Å². The van der Waals surface area contributed by atoms with Gasteiger partial charge in [-0.3, -0.25) is 0 Å². The van der Waals surface area contributed by atoms with Crippen molar-refractivity contribution in [3.63, 3.8) is 0 Å². The molecule has 0 amide bonds. The number of hydrogen-bond donors (Lipinski definition) is 2.